The van der Waals surface area contributed by atoms with E-state index in [-0.39, 0.29) is 11.3 Å². The number of fused-ring (bicyclic) bond motifs is 1. The first-order chi connectivity index (χ1) is 9.63. The first-order valence-corrected chi connectivity index (χ1v) is 5.69. The van der Waals surface area contributed by atoms with Crippen molar-refractivity contribution < 1.29 is 13.6 Å². The van der Waals surface area contributed by atoms with E-state index in [2.05, 4.69) is 20.3 Å². The Morgan fingerprint density at radius 2 is 2.05 bits per heavy atom. The monoisotopic (exact) mass is 274 g/mol. The average Bonchev–Trinajstić information content (AvgIpc) is 2.89. The summed E-state index contributed by atoms with van der Waals surface area (Å²) >= 11 is 0. The summed E-state index contributed by atoms with van der Waals surface area (Å²) in [4.78, 5) is 22.7. The van der Waals surface area contributed by atoms with Gasteiger partial charge in [0.15, 0.2) is 5.65 Å². The fraction of sp³-hybridized carbons (Fsp3) is 0. The second-order valence-corrected chi connectivity index (χ2v) is 4.08. The van der Waals surface area contributed by atoms with Gasteiger partial charge in [-0.05, 0) is 18.2 Å². The number of hydrogen-bond acceptors (Lipinski definition) is 3. The fourth-order valence-corrected chi connectivity index (χ4v) is 1.74. The van der Waals surface area contributed by atoms with Crippen molar-refractivity contribution in [3.05, 3.63) is 54.0 Å². The zero-order chi connectivity index (χ0) is 14.1. The number of imidazole rings is 1. The van der Waals surface area contributed by atoms with Crippen LogP contribution in [-0.4, -0.2) is 20.9 Å². The quantitative estimate of drug-likeness (QED) is 0.754. The van der Waals surface area contributed by atoms with Crippen LogP contribution in [0.25, 0.3) is 11.2 Å². The Kier molecular flexibility index (Phi) is 2.86. The number of aromatic nitrogens is 3. The lowest BCUT2D eigenvalue weighted by molar-refractivity contribution is 0.102. The topological polar surface area (TPSA) is 70.7 Å². The van der Waals surface area contributed by atoms with Gasteiger partial charge in [0.1, 0.15) is 11.6 Å². The fourth-order valence-electron chi connectivity index (χ4n) is 1.74. The highest BCUT2D eigenvalue weighted by atomic mass is 19.1. The summed E-state index contributed by atoms with van der Waals surface area (Å²) < 4.78 is 26.2. The molecule has 2 heterocycles. The highest BCUT2D eigenvalue weighted by molar-refractivity contribution is 6.05. The van der Waals surface area contributed by atoms with Crippen LogP contribution < -0.4 is 5.32 Å². The van der Waals surface area contributed by atoms with E-state index in [0.717, 1.165) is 12.1 Å². The van der Waals surface area contributed by atoms with Crippen molar-refractivity contribution in [1.29, 1.82) is 0 Å². The van der Waals surface area contributed by atoms with Crippen molar-refractivity contribution in [3.63, 3.8) is 0 Å². The van der Waals surface area contributed by atoms with Crippen LogP contribution in [0.2, 0.25) is 0 Å². The van der Waals surface area contributed by atoms with Crippen molar-refractivity contribution in [2.24, 2.45) is 0 Å². The molecule has 7 heteroatoms. The molecule has 5 nitrogen and oxygen atoms in total. The van der Waals surface area contributed by atoms with Crippen LogP contribution >= 0.6 is 0 Å². The van der Waals surface area contributed by atoms with Crippen LogP contribution in [0.1, 0.15) is 10.4 Å². The number of amides is 1. The van der Waals surface area contributed by atoms with Crippen LogP contribution in [0.15, 0.2) is 36.8 Å². The molecule has 3 rings (SSSR count). The van der Waals surface area contributed by atoms with E-state index in [0.29, 0.717) is 17.2 Å². The van der Waals surface area contributed by atoms with Crippen molar-refractivity contribution in [2.75, 3.05) is 5.32 Å². The Labute approximate surface area is 111 Å². The standard InChI is InChI=1S/C13H8F2N4O/c14-8-1-2-10(9(15)4-8)19-13(20)7-3-11-12(16-5-7)18-6-17-11/h1-6H,(H,19,20)(H,16,17,18). The van der Waals surface area contributed by atoms with E-state index in [1.54, 1.807) is 6.07 Å². The number of carbonyl (C=O) groups excluding carboxylic acids is 1. The maximum absolute atomic E-state index is 13.4. The Balaban J connectivity index is 1.88. The molecule has 0 aliphatic rings. The van der Waals surface area contributed by atoms with Crippen LogP contribution in [-0.2, 0) is 0 Å². The Bertz CT molecular complexity index is 800. The number of H-pyrrole nitrogens is 1. The highest BCUT2D eigenvalue weighted by Crippen LogP contribution is 2.16. The molecule has 0 aliphatic heterocycles. The molecule has 3 aromatic rings. The first-order valence-electron chi connectivity index (χ1n) is 5.69. The van der Waals surface area contributed by atoms with Crippen LogP contribution in [0.4, 0.5) is 14.5 Å². The number of aromatic amines is 1. The lowest BCUT2D eigenvalue weighted by Crippen LogP contribution is -2.13. The number of hydrogen-bond donors (Lipinski definition) is 2. The summed E-state index contributed by atoms with van der Waals surface area (Å²) in [5, 5.41) is 2.36. The molecule has 0 unspecified atom stereocenters. The summed E-state index contributed by atoms with van der Waals surface area (Å²) in [5.41, 5.74) is 1.22. The molecule has 0 atom stereocenters. The minimum absolute atomic E-state index is 0.0962. The molecule has 0 spiro atoms. The van der Waals surface area contributed by atoms with Gasteiger partial charge in [0.2, 0.25) is 0 Å². The van der Waals surface area contributed by atoms with Crippen molar-refractivity contribution in [1.82, 2.24) is 15.0 Å². The van der Waals surface area contributed by atoms with Gasteiger partial charge in [0.05, 0.1) is 23.1 Å². The molecular formula is C13H8F2N4O. The average molecular weight is 274 g/mol. The van der Waals surface area contributed by atoms with E-state index in [4.69, 9.17) is 0 Å². The van der Waals surface area contributed by atoms with Gasteiger partial charge in [0, 0.05) is 12.3 Å². The summed E-state index contributed by atoms with van der Waals surface area (Å²) in [6.07, 6.45) is 2.79. The zero-order valence-electron chi connectivity index (χ0n) is 10.0. The van der Waals surface area contributed by atoms with E-state index in [1.165, 1.54) is 12.5 Å². The molecule has 1 aromatic carbocycles. The number of benzene rings is 1. The van der Waals surface area contributed by atoms with Gasteiger partial charge in [0.25, 0.3) is 5.91 Å². The third-order valence-electron chi connectivity index (χ3n) is 2.72. The third kappa shape index (κ3) is 2.20. The molecule has 20 heavy (non-hydrogen) atoms. The van der Waals surface area contributed by atoms with Gasteiger partial charge < -0.3 is 10.3 Å². The normalized spacial score (nSPS) is 10.7. The molecule has 100 valence electrons. The minimum atomic E-state index is -0.839. The molecule has 0 bridgehead atoms. The molecular weight excluding hydrogens is 266 g/mol. The Morgan fingerprint density at radius 3 is 2.85 bits per heavy atom. The number of anilines is 1. The molecule has 1 amide bonds. The van der Waals surface area contributed by atoms with Gasteiger partial charge in [-0.3, -0.25) is 4.79 Å². The highest BCUT2D eigenvalue weighted by Gasteiger charge is 2.11. The number of nitrogens with zero attached hydrogens (tertiary/aromatic N) is 2. The minimum Gasteiger partial charge on any atom is -0.343 e. The van der Waals surface area contributed by atoms with Crippen molar-refractivity contribution in [2.45, 2.75) is 0 Å². The maximum atomic E-state index is 13.4. The third-order valence-corrected chi connectivity index (χ3v) is 2.72. The number of nitrogens with one attached hydrogen (secondary N) is 2. The van der Waals surface area contributed by atoms with Gasteiger partial charge >= 0.3 is 0 Å². The lowest BCUT2D eigenvalue weighted by Gasteiger charge is -2.06. The molecule has 0 aliphatic carbocycles. The number of pyridine rings is 1. The second kappa shape index (κ2) is 4.69. The number of rotatable bonds is 2. The molecule has 0 radical (unpaired) electrons. The molecule has 0 fully saturated rings. The van der Waals surface area contributed by atoms with Crippen molar-refractivity contribution in [3.8, 4) is 0 Å². The Morgan fingerprint density at radius 1 is 1.20 bits per heavy atom. The van der Waals surface area contributed by atoms with E-state index in [9.17, 15) is 13.6 Å². The van der Waals surface area contributed by atoms with Crippen molar-refractivity contribution >= 4 is 22.8 Å². The maximum Gasteiger partial charge on any atom is 0.257 e. The van der Waals surface area contributed by atoms with Gasteiger partial charge in [-0.1, -0.05) is 0 Å². The lowest BCUT2D eigenvalue weighted by atomic mass is 10.2. The summed E-state index contributed by atoms with van der Waals surface area (Å²) in [6.45, 7) is 0. The predicted octanol–water partition coefficient (Wildman–Crippen LogP) is 2.49. The van der Waals surface area contributed by atoms with Crippen LogP contribution in [0.3, 0.4) is 0 Å². The molecule has 2 N–H and O–H groups in total. The van der Waals surface area contributed by atoms with E-state index in [1.807, 2.05) is 0 Å². The SMILES string of the molecule is O=C(Nc1ccc(F)cc1F)c1cnc2nc[nH]c2c1. The molecule has 2 aromatic heterocycles. The second-order valence-electron chi connectivity index (χ2n) is 4.08. The largest absolute Gasteiger partial charge is 0.343 e. The van der Waals surface area contributed by atoms with E-state index < -0.39 is 17.5 Å². The predicted molar refractivity (Wildman–Crippen MR) is 68.2 cm³/mol. The van der Waals surface area contributed by atoms with Gasteiger partial charge in [-0.15, -0.1) is 0 Å². The Hall–Kier alpha value is -2.83. The van der Waals surface area contributed by atoms with Gasteiger partial charge in [-0.25, -0.2) is 18.7 Å². The summed E-state index contributed by atoms with van der Waals surface area (Å²) in [7, 11) is 0. The number of carbonyl (C=O) groups is 1. The summed E-state index contributed by atoms with van der Waals surface area (Å²) in [6, 6.07) is 4.47. The zero-order valence-corrected chi connectivity index (χ0v) is 10.0. The smallest absolute Gasteiger partial charge is 0.257 e. The molecule has 0 saturated carbocycles. The molecule has 0 saturated heterocycles. The van der Waals surface area contributed by atoms with Crippen LogP contribution in [0, 0.1) is 11.6 Å². The van der Waals surface area contributed by atoms with Gasteiger partial charge in [-0.2, -0.15) is 0 Å². The van der Waals surface area contributed by atoms with E-state index >= 15 is 0 Å². The number of halogens is 2. The summed E-state index contributed by atoms with van der Waals surface area (Å²) in [5.74, 6) is -2.09. The van der Waals surface area contributed by atoms with Crippen LogP contribution in [0.5, 0.6) is 0 Å². The first kappa shape index (κ1) is 12.2.